The van der Waals surface area contributed by atoms with Crippen molar-refractivity contribution in [1.29, 1.82) is 0 Å². The number of likely N-dealkylation sites (N-methyl/N-ethyl adjacent to an activating group) is 1. The molecule has 0 atom stereocenters. The van der Waals surface area contributed by atoms with Crippen LogP contribution in [0.2, 0.25) is 0 Å². The van der Waals surface area contributed by atoms with Gasteiger partial charge in [0.1, 0.15) is 10.1 Å². The minimum Gasteiger partial charge on any atom is -0.497 e. The van der Waals surface area contributed by atoms with E-state index in [1.165, 1.54) is 16.7 Å². The Hall–Kier alpha value is -1.90. The number of hydrogen-bond acceptors (Lipinski definition) is 5. The Morgan fingerprint density at radius 2 is 1.96 bits per heavy atom. The molecule has 0 aromatic heterocycles. The van der Waals surface area contributed by atoms with E-state index in [1.807, 2.05) is 35.2 Å². The van der Waals surface area contributed by atoms with Gasteiger partial charge in [0.15, 0.2) is 0 Å². The Kier molecular flexibility index (Phi) is 7.09. The van der Waals surface area contributed by atoms with Gasteiger partial charge in [-0.15, -0.1) is 0 Å². The van der Waals surface area contributed by atoms with E-state index in [4.69, 9.17) is 17.0 Å². The van der Waals surface area contributed by atoms with Gasteiger partial charge in [-0.2, -0.15) is 0 Å². The second-order valence-electron chi connectivity index (χ2n) is 7.05. The first-order valence-electron chi connectivity index (χ1n) is 9.46. The summed E-state index contributed by atoms with van der Waals surface area (Å²) < 4.78 is 5.71. The Morgan fingerprint density at radius 1 is 1.29 bits per heavy atom. The molecule has 2 amide bonds. The maximum absolute atomic E-state index is 12.7. The number of ether oxygens (including phenoxy) is 1. The molecular weight excluding hydrogens is 394 g/mol. The summed E-state index contributed by atoms with van der Waals surface area (Å²) in [5, 5.41) is 0. The predicted octanol–water partition coefficient (Wildman–Crippen LogP) is 1.03. The predicted molar refractivity (Wildman–Crippen MR) is 115 cm³/mol. The summed E-state index contributed by atoms with van der Waals surface area (Å²) in [7, 11) is 3.77. The number of rotatable bonds is 6. The highest BCUT2D eigenvalue weighted by molar-refractivity contribution is 8.26. The largest absolute Gasteiger partial charge is 0.497 e. The fourth-order valence-electron chi connectivity index (χ4n) is 3.23. The van der Waals surface area contributed by atoms with Crippen LogP contribution >= 0.6 is 24.0 Å². The maximum Gasteiger partial charge on any atom is 0.266 e. The Morgan fingerprint density at radius 3 is 2.61 bits per heavy atom. The van der Waals surface area contributed by atoms with E-state index in [1.54, 1.807) is 12.0 Å². The third-order valence-corrected chi connectivity index (χ3v) is 6.41. The second kappa shape index (κ2) is 9.54. The average Bonchev–Trinajstić information content (AvgIpc) is 2.96. The molecule has 1 N–H and O–H groups in total. The van der Waals surface area contributed by atoms with Crippen molar-refractivity contribution >= 4 is 46.2 Å². The third kappa shape index (κ3) is 5.12. The Bertz CT molecular complexity index is 771. The molecule has 3 rings (SSSR count). The lowest BCUT2D eigenvalue weighted by molar-refractivity contribution is -0.883. The number of nitrogens with one attached hydrogen (secondary N) is 1. The molecule has 0 unspecified atom stereocenters. The minimum atomic E-state index is -0.0820. The summed E-state index contributed by atoms with van der Waals surface area (Å²) in [5.41, 5.74) is 0.925. The van der Waals surface area contributed by atoms with Crippen LogP contribution in [0.25, 0.3) is 6.08 Å². The van der Waals surface area contributed by atoms with Crippen molar-refractivity contribution in [3.63, 3.8) is 0 Å². The van der Waals surface area contributed by atoms with E-state index in [0.717, 1.165) is 37.5 Å². The standard InChI is InChI=1S/C20H25N3O3S2/c1-21-10-12-22(13-11-21)18(24)4-3-9-23-19(25)17(28-20(23)27)14-15-5-7-16(26-2)8-6-15/h5-8,14H,3-4,9-13H2,1-2H3/p+1. The Balaban J connectivity index is 1.52. The number of benzene rings is 1. The zero-order chi connectivity index (χ0) is 20.1. The normalized spacial score (nSPS) is 19.6. The summed E-state index contributed by atoms with van der Waals surface area (Å²) in [6.45, 7) is 4.11. The summed E-state index contributed by atoms with van der Waals surface area (Å²) in [6, 6.07) is 7.53. The molecule has 0 aliphatic carbocycles. The molecule has 2 aliphatic rings. The molecule has 2 saturated heterocycles. The monoisotopic (exact) mass is 420 g/mol. The molecule has 6 nitrogen and oxygen atoms in total. The summed E-state index contributed by atoms with van der Waals surface area (Å²) >= 11 is 6.69. The molecule has 0 spiro atoms. The molecule has 8 heteroatoms. The van der Waals surface area contributed by atoms with Gasteiger partial charge in [0, 0.05) is 13.0 Å². The first-order chi connectivity index (χ1) is 13.5. The van der Waals surface area contributed by atoms with Crippen molar-refractivity contribution in [3.8, 4) is 5.75 Å². The van der Waals surface area contributed by atoms with Gasteiger partial charge in [-0.1, -0.05) is 36.1 Å². The number of thioether (sulfide) groups is 1. The van der Waals surface area contributed by atoms with Crippen LogP contribution in [-0.2, 0) is 9.59 Å². The quantitative estimate of drug-likeness (QED) is 0.550. The molecule has 2 fully saturated rings. The molecule has 1 aromatic carbocycles. The molecule has 2 aliphatic heterocycles. The van der Waals surface area contributed by atoms with Crippen molar-refractivity contribution < 1.29 is 19.2 Å². The highest BCUT2D eigenvalue weighted by Gasteiger charge is 2.32. The number of amides is 2. The molecule has 0 saturated carbocycles. The van der Waals surface area contributed by atoms with Gasteiger partial charge in [-0.05, 0) is 30.2 Å². The van der Waals surface area contributed by atoms with E-state index in [-0.39, 0.29) is 11.8 Å². The highest BCUT2D eigenvalue weighted by atomic mass is 32.2. The van der Waals surface area contributed by atoms with Gasteiger partial charge in [0.25, 0.3) is 5.91 Å². The smallest absolute Gasteiger partial charge is 0.266 e. The Labute approximate surface area is 175 Å². The number of piperazine rings is 1. The minimum absolute atomic E-state index is 0.0820. The number of carbonyl (C=O) groups excluding carboxylic acids is 2. The summed E-state index contributed by atoms with van der Waals surface area (Å²) in [6.07, 6.45) is 2.92. The third-order valence-electron chi connectivity index (χ3n) is 5.03. The van der Waals surface area contributed by atoms with Gasteiger partial charge in [-0.3, -0.25) is 14.5 Å². The number of carbonyl (C=O) groups is 2. The van der Waals surface area contributed by atoms with Crippen molar-refractivity contribution in [3.05, 3.63) is 34.7 Å². The van der Waals surface area contributed by atoms with Gasteiger partial charge in [-0.25, -0.2) is 0 Å². The molecule has 2 heterocycles. The van der Waals surface area contributed by atoms with Crippen LogP contribution in [-0.4, -0.2) is 72.8 Å². The molecular formula is C20H26N3O3S2+. The van der Waals surface area contributed by atoms with Crippen LogP contribution in [0.15, 0.2) is 29.2 Å². The fourth-order valence-corrected chi connectivity index (χ4v) is 4.54. The van der Waals surface area contributed by atoms with Crippen molar-refractivity contribution in [2.75, 3.05) is 46.9 Å². The summed E-state index contributed by atoms with van der Waals surface area (Å²) in [4.78, 5) is 30.7. The van der Waals surface area contributed by atoms with Crippen molar-refractivity contribution in [2.45, 2.75) is 12.8 Å². The summed E-state index contributed by atoms with van der Waals surface area (Å²) in [5.74, 6) is 0.865. The van der Waals surface area contributed by atoms with E-state index in [2.05, 4.69) is 7.05 Å². The highest BCUT2D eigenvalue weighted by Crippen LogP contribution is 2.33. The first-order valence-corrected chi connectivity index (χ1v) is 10.7. The van der Waals surface area contributed by atoms with Crippen LogP contribution in [0.5, 0.6) is 5.75 Å². The molecule has 150 valence electrons. The number of nitrogens with zero attached hydrogens (tertiary/aromatic N) is 2. The van der Waals surface area contributed by atoms with Gasteiger partial charge in [0.05, 0.1) is 45.2 Å². The molecule has 28 heavy (non-hydrogen) atoms. The van der Waals surface area contributed by atoms with Crippen molar-refractivity contribution in [2.24, 2.45) is 0 Å². The molecule has 0 radical (unpaired) electrons. The average molecular weight is 421 g/mol. The number of methoxy groups -OCH3 is 1. The number of hydrogen-bond donors (Lipinski definition) is 1. The number of quaternary nitrogens is 1. The van der Waals surface area contributed by atoms with E-state index < -0.39 is 0 Å². The van der Waals surface area contributed by atoms with Crippen LogP contribution < -0.4 is 9.64 Å². The molecule has 1 aromatic rings. The topological polar surface area (TPSA) is 54.3 Å². The van der Waals surface area contributed by atoms with Gasteiger partial charge < -0.3 is 14.5 Å². The maximum atomic E-state index is 12.7. The van der Waals surface area contributed by atoms with Gasteiger partial charge >= 0.3 is 0 Å². The van der Waals surface area contributed by atoms with Crippen LogP contribution in [0.4, 0.5) is 0 Å². The first kappa shape index (κ1) is 20.8. The van der Waals surface area contributed by atoms with Crippen LogP contribution in [0.3, 0.4) is 0 Å². The van der Waals surface area contributed by atoms with Crippen molar-refractivity contribution in [1.82, 2.24) is 9.80 Å². The zero-order valence-electron chi connectivity index (χ0n) is 16.3. The van der Waals surface area contributed by atoms with E-state index in [0.29, 0.717) is 28.6 Å². The fraction of sp³-hybridized carbons (Fsp3) is 0.450. The van der Waals surface area contributed by atoms with Gasteiger partial charge in [0.2, 0.25) is 5.91 Å². The van der Waals surface area contributed by atoms with E-state index >= 15 is 0 Å². The van der Waals surface area contributed by atoms with E-state index in [9.17, 15) is 9.59 Å². The lowest BCUT2D eigenvalue weighted by Crippen LogP contribution is -3.12. The number of thiocarbonyl (C=S) groups is 1. The second-order valence-corrected chi connectivity index (χ2v) is 8.72. The van der Waals surface area contributed by atoms with Crippen LogP contribution in [0, 0.1) is 0 Å². The lowest BCUT2D eigenvalue weighted by atomic mass is 10.2. The lowest BCUT2D eigenvalue weighted by Gasteiger charge is -2.30. The molecule has 0 bridgehead atoms. The zero-order valence-corrected chi connectivity index (χ0v) is 17.9. The SMILES string of the molecule is COc1ccc(C=C2SC(=S)N(CCCC(=O)N3CC[NH+](C)CC3)C2=O)cc1. The van der Waals surface area contributed by atoms with Crippen LogP contribution in [0.1, 0.15) is 18.4 Å².